The number of benzene rings is 3. The van der Waals surface area contributed by atoms with E-state index in [2.05, 4.69) is 0 Å². The molecule has 0 saturated heterocycles. The van der Waals surface area contributed by atoms with Crippen LogP contribution in [-0.2, 0) is 4.74 Å². The first-order valence-corrected chi connectivity index (χ1v) is 7.71. The van der Waals surface area contributed by atoms with Crippen molar-refractivity contribution in [2.75, 3.05) is 7.11 Å². The van der Waals surface area contributed by atoms with E-state index < -0.39 is 4.92 Å². The molecule has 0 spiro atoms. The third-order valence-electron chi connectivity index (χ3n) is 4.42. The Labute approximate surface area is 143 Å². The number of nitro benzene ring substituents is 1. The highest BCUT2D eigenvalue weighted by molar-refractivity contribution is 6.23. The van der Waals surface area contributed by atoms with E-state index in [1.54, 1.807) is 24.3 Å². The zero-order chi connectivity index (χ0) is 17.6. The molecule has 0 atom stereocenters. The molecule has 0 heterocycles. The number of carbonyl (C=O) groups excluding carboxylic acids is 1. The van der Waals surface area contributed by atoms with Crippen LogP contribution < -0.4 is 0 Å². The summed E-state index contributed by atoms with van der Waals surface area (Å²) < 4.78 is 5.18. The van der Waals surface area contributed by atoms with Crippen molar-refractivity contribution >= 4 is 28.3 Å². The van der Waals surface area contributed by atoms with Gasteiger partial charge >= 0.3 is 0 Å². The van der Waals surface area contributed by atoms with Crippen LogP contribution in [0.2, 0.25) is 0 Å². The lowest BCUT2D eigenvalue weighted by Gasteiger charge is -2.18. The van der Waals surface area contributed by atoms with E-state index >= 15 is 0 Å². The first-order valence-electron chi connectivity index (χ1n) is 7.71. The van der Waals surface area contributed by atoms with Crippen LogP contribution in [0, 0.1) is 10.1 Å². The highest BCUT2D eigenvalue weighted by atomic mass is 16.6. The molecule has 0 fully saturated rings. The standard InChI is InChI=1S/C20H13NO4/c1-25-18-11-13-8-9-15(12-4-2-5-14(10-12)21(23)24)16-6-3-7-17(19(13)16)20(18)22/h2-11H,1H3. The molecule has 5 heteroatoms. The van der Waals surface area contributed by atoms with Gasteiger partial charge < -0.3 is 4.74 Å². The minimum absolute atomic E-state index is 0.0376. The molecule has 0 N–H and O–H groups in total. The van der Waals surface area contributed by atoms with Gasteiger partial charge in [0.1, 0.15) is 0 Å². The van der Waals surface area contributed by atoms with Gasteiger partial charge in [-0.1, -0.05) is 42.5 Å². The van der Waals surface area contributed by atoms with Crippen molar-refractivity contribution in [1.29, 1.82) is 0 Å². The zero-order valence-corrected chi connectivity index (χ0v) is 13.4. The summed E-state index contributed by atoms with van der Waals surface area (Å²) >= 11 is 0. The predicted molar refractivity (Wildman–Crippen MR) is 95.4 cm³/mol. The molecule has 0 radical (unpaired) electrons. The van der Waals surface area contributed by atoms with Crippen molar-refractivity contribution in [2.24, 2.45) is 0 Å². The Kier molecular flexibility index (Phi) is 3.35. The van der Waals surface area contributed by atoms with Gasteiger partial charge in [0.25, 0.3) is 5.69 Å². The van der Waals surface area contributed by atoms with Crippen molar-refractivity contribution < 1.29 is 14.5 Å². The van der Waals surface area contributed by atoms with Crippen LogP contribution in [0.3, 0.4) is 0 Å². The summed E-state index contributed by atoms with van der Waals surface area (Å²) in [7, 11) is 1.48. The number of non-ortho nitro benzene ring substituents is 1. The molecule has 1 aliphatic carbocycles. The number of methoxy groups -OCH3 is 1. The van der Waals surface area contributed by atoms with Crippen molar-refractivity contribution in [2.45, 2.75) is 0 Å². The van der Waals surface area contributed by atoms with Crippen molar-refractivity contribution in [1.82, 2.24) is 0 Å². The fourth-order valence-corrected chi connectivity index (χ4v) is 3.27. The third kappa shape index (κ3) is 2.29. The van der Waals surface area contributed by atoms with Gasteiger partial charge in [-0.2, -0.15) is 0 Å². The number of nitrogens with zero attached hydrogens (tertiary/aromatic N) is 1. The molecule has 0 amide bonds. The Hall–Kier alpha value is -3.47. The van der Waals surface area contributed by atoms with Gasteiger partial charge in [0.15, 0.2) is 5.76 Å². The molecule has 122 valence electrons. The van der Waals surface area contributed by atoms with E-state index in [0.717, 1.165) is 27.5 Å². The van der Waals surface area contributed by atoms with E-state index in [9.17, 15) is 14.9 Å². The van der Waals surface area contributed by atoms with Gasteiger partial charge in [0.2, 0.25) is 5.78 Å². The summed E-state index contributed by atoms with van der Waals surface area (Å²) in [6.45, 7) is 0. The molecule has 25 heavy (non-hydrogen) atoms. The number of ether oxygens (including phenoxy) is 1. The molecule has 0 aliphatic heterocycles. The van der Waals surface area contributed by atoms with Crippen LogP contribution in [0.1, 0.15) is 15.9 Å². The van der Waals surface area contributed by atoms with Crippen molar-refractivity contribution in [3.05, 3.63) is 81.6 Å². The number of rotatable bonds is 3. The van der Waals surface area contributed by atoms with E-state index in [4.69, 9.17) is 4.74 Å². The molecule has 3 aromatic carbocycles. The summed E-state index contributed by atoms with van der Waals surface area (Å²) in [5.74, 6) is 0.153. The summed E-state index contributed by atoms with van der Waals surface area (Å²) in [4.78, 5) is 23.2. The predicted octanol–water partition coefficient (Wildman–Crippen LogP) is 4.60. The topological polar surface area (TPSA) is 69.4 Å². The Morgan fingerprint density at radius 2 is 1.80 bits per heavy atom. The summed E-state index contributed by atoms with van der Waals surface area (Å²) in [5.41, 5.74) is 3.12. The molecule has 0 aromatic heterocycles. The quantitative estimate of drug-likeness (QED) is 0.519. The fourth-order valence-electron chi connectivity index (χ4n) is 3.27. The van der Waals surface area contributed by atoms with Gasteiger partial charge in [-0.3, -0.25) is 14.9 Å². The molecule has 1 aliphatic rings. The lowest BCUT2D eigenvalue weighted by molar-refractivity contribution is -0.384. The Morgan fingerprint density at radius 3 is 2.56 bits per heavy atom. The van der Waals surface area contributed by atoms with E-state index in [-0.39, 0.29) is 11.5 Å². The average Bonchev–Trinajstić information content (AvgIpc) is 2.64. The molecule has 0 bridgehead atoms. The summed E-state index contributed by atoms with van der Waals surface area (Å²) in [6, 6.07) is 15.9. The number of ketones is 1. The smallest absolute Gasteiger partial charge is 0.270 e. The molecule has 4 rings (SSSR count). The molecular formula is C20H13NO4. The van der Waals surface area contributed by atoms with Gasteiger partial charge in [-0.15, -0.1) is 0 Å². The van der Waals surface area contributed by atoms with Crippen LogP contribution >= 0.6 is 0 Å². The van der Waals surface area contributed by atoms with Gasteiger partial charge in [-0.25, -0.2) is 0 Å². The van der Waals surface area contributed by atoms with Crippen LogP contribution in [0.4, 0.5) is 5.69 Å². The monoisotopic (exact) mass is 331 g/mol. The summed E-state index contributed by atoms with van der Waals surface area (Å²) in [5, 5.41) is 12.8. The van der Waals surface area contributed by atoms with Crippen LogP contribution in [-0.4, -0.2) is 17.8 Å². The number of nitro groups is 1. The highest BCUT2D eigenvalue weighted by Gasteiger charge is 2.23. The number of allylic oxidation sites excluding steroid dienone is 1. The average molecular weight is 331 g/mol. The van der Waals surface area contributed by atoms with Gasteiger partial charge in [0, 0.05) is 23.1 Å². The zero-order valence-electron chi connectivity index (χ0n) is 13.4. The minimum atomic E-state index is -0.411. The first kappa shape index (κ1) is 15.1. The number of hydrogen-bond donors (Lipinski definition) is 0. The fraction of sp³-hybridized carbons (Fsp3) is 0.0500. The van der Waals surface area contributed by atoms with E-state index in [1.165, 1.54) is 13.2 Å². The Bertz CT molecular complexity index is 1080. The minimum Gasteiger partial charge on any atom is -0.493 e. The van der Waals surface area contributed by atoms with Crippen LogP contribution in [0.25, 0.3) is 28.0 Å². The molecule has 3 aromatic rings. The highest BCUT2D eigenvalue weighted by Crippen LogP contribution is 2.37. The molecule has 5 nitrogen and oxygen atoms in total. The molecule has 0 unspecified atom stereocenters. The second-order valence-electron chi connectivity index (χ2n) is 5.78. The van der Waals surface area contributed by atoms with Crippen molar-refractivity contribution in [3.8, 4) is 11.1 Å². The Balaban J connectivity index is 2.01. The maximum atomic E-state index is 12.5. The SMILES string of the molecule is COC1=Cc2ccc(-c3cccc([N+](=O)[O-])c3)c3cccc(c23)C1=O. The lowest BCUT2D eigenvalue weighted by atomic mass is 9.87. The van der Waals surface area contributed by atoms with E-state index in [0.29, 0.717) is 11.3 Å². The number of hydrogen-bond acceptors (Lipinski definition) is 4. The lowest BCUT2D eigenvalue weighted by Crippen LogP contribution is -2.10. The number of carbonyl (C=O) groups is 1. The molecular weight excluding hydrogens is 318 g/mol. The number of Topliss-reactive ketones (excluding diaryl/α,β-unsaturated/α-hetero) is 1. The largest absolute Gasteiger partial charge is 0.493 e. The summed E-state index contributed by atoms with van der Waals surface area (Å²) in [6.07, 6.45) is 1.73. The van der Waals surface area contributed by atoms with Crippen LogP contribution in [0.15, 0.2) is 60.4 Å². The maximum absolute atomic E-state index is 12.5. The van der Waals surface area contributed by atoms with Crippen molar-refractivity contribution in [3.63, 3.8) is 0 Å². The maximum Gasteiger partial charge on any atom is 0.270 e. The normalized spacial score (nSPS) is 12.8. The second kappa shape index (κ2) is 5.56. The van der Waals surface area contributed by atoms with Crippen LogP contribution in [0.5, 0.6) is 0 Å². The first-order chi connectivity index (χ1) is 12.1. The van der Waals surface area contributed by atoms with Gasteiger partial charge in [0.05, 0.1) is 12.0 Å². The Morgan fingerprint density at radius 1 is 1.00 bits per heavy atom. The third-order valence-corrected chi connectivity index (χ3v) is 4.42. The molecule has 0 saturated carbocycles. The van der Waals surface area contributed by atoms with E-state index in [1.807, 2.05) is 30.3 Å². The van der Waals surface area contributed by atoms with Gasteiger partial charge in [-0.05, 0) is 28.2 Å². The second-order valence-corrected chi connectivity index (χ2v) is 5.78.